The minimum absolute atomic E-state index is 0.305. The summed E-state index contributed by atoms with van der Waals surface area (Å²) in [4.78, 5) is 13.4. The number of fused-ring (bicyclic) bond motifs is 1. The molecule has 0 saturated carbocycles. The molecule has 1 aromatic rings. The first-order valence-corrected chi connectivity index (χ1v) is 6.28. The van der Waals surface area contributed by atoms with Gasteiger partial charge in [-0.05, 0) is 49.9 Å². The van der Waals surface area contributed by atoms with Gasteiger partial charge in [0.2, 0.25) is 0 Å². The van der Waals surface area contributed by atoms with Gasteiger partial charge in [0.15, 0.2) is 0 Å². The predicted octanol–water partition coefficient (Wildman–Crippen LogP) is 2.65. The van der Waals surface area contributed by atoms with E-state index in [0.29, 0.717) is 0 Å². The average molecular weight is 233 g/mol. The molecule has 17 heavy (non-hydrogen) atoms. The number of carboxylic acids is 1. The Morgan fingerprint density at radius 2 is 2.12 bits per heavy atom. The van der Waals surface area contributed by atoms with Crippen molar-refractivity contribution in [2.24, 2.45) is 0 Å². The molecule has 1 aliphatic rings. The molecule has 0 saturated heterocycles. The zero-order valence-electron chi connectivity index (χ0n) is 10.4. The standard InChI is InChI=1S/C14H19NO2/c1-3-15(4-2)11-7-5-10-6-8-12(14(16)17)13(10)9-11/h5,7,9,12H,3-4,6,8H2,1-2H3,(H,16,17). The third-order valence-corrected chi connectivity index (χ3v) is 3.63. The molecule has 1 N–H and O–H groups in total. The molecule has 0 fully saturated rings. The zero-order valence-corrected chi connectivity index (χ0v) is 10.4. The van der Waals surface area contributed by atoms with Gasteiger partial charge < -0.3 is 10.0 Å². The van der Waals surface area contributed by atoms with Crippen LogP contribution in [0.2, 0.25) is 0 Å². The molecule has 92 valence electrons. The number of hydrogen-bond donors (Lipinski definition) is 1. The minimum atomic E-state index is -0.694. The number of nitrogens with zero attached hydrogens (tertiary/aromatic N) is 1. The number of anilines is 1. The quantitative estimate of drug-likeness (QED) is 0.869. The SMILES string of the molecule is CCN(CC)c1ccc2c(c1)C(C(=O)O)CC2. The topological polar surface area (TPSA) is 40.5 Å². The summed E-state index contributed by atoms with van der Waals surface area (Å²) < 4.78 is 0. The van der Waals surface area contributed by atoms with Crippen LogP contribution in [0.4, 0.5) is 5.69 Å². The molecule has 3 heteroatoms. The van der Waals surface area contributed by atoms with Gasteiger partial charge in [0.1, 0.15) is 0 Å². The molecule has 0 heterocycles. The van der Waals surface area contributed by atoms with Crippen molar-refractivity contribution in [2.75, 3.05) is 18.0 Å². The molecule has 3 nitrogen and oxygen atoms in total. The van der Waals surface area contributed by atoms with Crippen molar-refractivity contribution in [1.82, 2.24) is 0 Å². The van der Waals surface area contributed by atoms with Gasteiger partial charge in [-0.15, -0.1) is 0 Å². The Balaban J connectivity index is 2.35. The Bertz CT molecular complexity index is 424. The van der Waals surface area contributed by atoms with Crippen molar-refractivity contribution in [3.8, 4) is 0 Å². The molecule has 0 aliphatic heterocycles. The van der Waals surface area contributed by atoms with Gasteiger partial charge in [-0.1, -0.05) is 6.07 Å². The van der Waals surface area contributed by atoms with E-state index in [1.807, 2.05) is 0 Å². The lowest BCUT2D eigenvalue weighted by atomic mass is 10.0. The molecule has 0 amide bonds. The van der Waals surface area contributed by atoms with Crippen LogP contribution in [0.3, 0.4) is 0 Å². The Morgan fingerprint density at radius 3 is 2.71 bits per heavy atom. The highest BCUT2D eigenvalue weighted by Gasteiger charge is 2.28. The van der Waals surface area contributed by atoms with Gasteiger partial charge in [0.25, 0.3) is 0 Å². The number of carboxylic acid groups (broad SMARTS) is 1. The lowest BCUT2D eigenvalue weighted by Gasteiger charge is -2.22. The van der Waals surface area contributed by atoms with Gasteiger partial charge >= 0.3 is 5.97 Å². The number of benzene rings is 1. The highest BCUT2D eigenvalue weighted by atomic mass is 16.4. The highest BCUT2D eigenvalue weighted by molar-refractivity contribution is 5.78. The van der Waals surface area contributed by atoms with E-state index in [4.69, 9.17) is 0 Å². The zero-order chi connectivity index (χ0) is 12.4. The fourth-order valence-corrected chi connectivity index (χ4v) is 2.63. The second-order valence-corrected chi connectivity index (χ2v) is 4.48. The molecule has 1 aliphatic carbocycles. The van der Waals surface area contributed by atoms with Crippen LogP contribution in [0.5, 0.6) is 0 Å². The van der Waals surface area contributed by atoms with Crippen LogP contribution in [-0.4, -0.2) is 24.2 Å². The van der Waals surface area contributed by atoms with Gasteiger partial charge in [0.05, 0.1) is 5.92 Å². The molecule has 0 radical (unpaired) electrons. The maximum absolute atomic E-state index is 11.2. The number of aryl methyl sites for hydroxylation is 1. The van der Waals surface area contributed by atoms with E-state index >= 15 is 0 Å². The molecule has 1 unspecified atom stereocenters. The summed E-state index contributed by atoms with van der Waals surface area (Å²) in [5.41, 5.74) is 3.36. The molecule has 1 aromatic carbocycles. The Kier molecular flexibility index (Phi) is 3.36. The van der Waals surface area contributed by atoms with Gasteiger partial charge in [0, 0.05) is 18.8 Å². The maximum Gasteiger partial charge on any atom is 0.310 e. The second kappa shape index (κ2) is 4.78. The second-order valence-electron chi connectivity index (χ2n) is 4.48. The molecule has 0 aromatic heterocycles. The van der Waals surface area contributed by atoms with Crippen LogP contribution in [0.25, 0.3) is 0 Å². The van der Waals surface area contributed by atoms with Crippen molar-refractivity contribution in [3.63, 3.8) is 0 Å². The monoisotopic (exact) mass is 233 g/mol. The van der Waals surface area contributed by atoms with Crippen LogP contribution < -0.4 is 4.90 Å². The van der Waals surface area contributed by atoms with Crippen molar-refractivity contribution >= 4 is 11.7 Å². The Morgan fingerprint density at radius 1 is 1.41 bits per heavy atom. The van der Waals surface area contributed by atoms with E-state index in [1.54, 1.807) is 0 Å². The van der Waals surface area contributed by atoms with Crippen molar-refractivity contribution in [3.05, 3.63) is 29.3 Å². The molecular weight excluding hydrogens is 214 g/mol. The van der Waals surface area contributed by atoms with E-state index in [9.17, 15) is 9.90 Å². The summed E-state index contributed by atoms with van der Waals surface area (Å²) in [7, 11) is 0. The first kappa shape index (κ1) is 12.0. The lowest BCUT2D eigenvalue weighted by molar-refractivity contribution is -0.138. The molecule has 1 atom stereocenters. The van der Waals surface area contributed by atoms with Crippen molar-refractivity contribution in [2.45, 2.75) is 32.6 Å². The lowest BCUT2D eigenvalue weighted by Crippen LogP contribution is -2.22. The van der Waals surface area contributed by atoms with E-state index in [-0.39, 0.29) is 5.92 Å². The molecule has 0 bridgehead atoms. The average Bonchev–Trinajstić information content (AvgIpc) is 2.73. The third-order valence-electron chi connectivity index (χ3n) is 3.63. The predicted molar refractivity (Wildman–Crippen MR) is 68.7 cm³/mol. The van der Waals surface area contributed by atoms with Crippen LogP contribution in [0.15, 0.2) is 18.2 Å². The molecule has 0 spiro atoms. The van der Waals surface area contributed by atoms with Gasteiger partial charge in [-0.2, -0.15) is 0 Å². The number of aliphatic carboxylic acids is 1. The summed E-state index contributed by atoms with van der Waals surface area (Å²) in [5.74, 6) is -0.999. The maximum atomic E-state index is 11.2. The van der Waals surface area contributed by atoms with Crippen LogP contribution in [0, 0.1) is 0 Å². The summed E-state index contributed by atoms with van der Waals surface area (Å²) in [6.45, 7) is 6.14. The van der Waals surface area contributed by atoms with Crippen LogP contribution in [0.1, 0.15) is 37.3 Å². The first-order valence-electron chi connectivity index (χ1n) is 6.28. The third kappa shape index (κ3) is 2.14. The fourth-order valence-electron chi connectivity index (χ4n) is 2.63. The smallest absolute Gasteiger partial charge is 0.310 e. The van der Waals surface area contributed by atoms with Crippen LogP contribution >= 0.6 is 0 Å². The van der Waals surface area contributed by atoms with Gasteiger partial charge in [-0.25, -0.2) is 0 Å². The van der Waals surface area contributed by atoms with Crippen molar-refractivity contribution in [1.29, 1.82) is 0 Å². The first-order chi connectivity index (χ1) is 8.17. The fraction of sp³-hybridized carbons (Fsp3) is 0.500. The molecule has 2 rings (SSSR count). The van der Waals surface area contributed by atoms with Gasteiger partial charge in [-0.3, -0.25) is 4.79 Å². The normalized spacial score (nSPS) is 17.9. The molecular formula is C14H19NO2. The highest BCUT2D eigenvalue weighted by Crippen LogP contribution is 2.35. The number of hydrogen-bond acceptors (Lipinski definition) is 2. The number of rotatable bonds is 4. The van der Waals surface area contributed by atoms with E-state index in [2.05, 4.69) is 36.9 Å². The summed E-state index contributed by atoms with van der Waals surface area (Å²) in [6, 6.07) is 6.26. The van der Waals surface area contributed by atoms with Crippen LogP contribution in [-0.2, 0) is 11.2 Å². The van der Waals surface area contributed by atoms with E-state index in [0.717, 1.165) is 37.2 Å². The van der Waals surface area contributed by atoms with Crippen molar-refractivity contribution < 1.29 is 9.90 Å². The number of carbonyl (C=O) groups is 1. The van der Waals surface area contributed by atoms with E-state index in [1.165, 1.54) is 5.56 Å². The van der Waals surface area contributed by atoms with E-state index < -0.39 is 5.97 Å². The summed E-state index contributed by atoms with van der Waals surface area (Å²) in [5, 5.41) is 9.19. The Labute approximate surface area is 102 Å². The Hall–Kier alpha value is -1.51. The summed E-state index contributed by atoms with van der Waals surface area (Å²) in [6.07, 6.45) is 1.64. The minimum Gasteiger partial charge on any atom is -0.481 e. The largest absolute Gasteiger partial charge is 0.481 e. The summed E-state index contributed by atoms with van der Waals surface area (Å²) >= 11 is 0.